The number of benzene rings is 1. The fraction of sp³-hybridized carbons (Fsp3) is 0.367. The maximum Gasteiger partial charge on any atom is 0.451 e. The van der Waals surface area contributed by atoms with E-state index in [1.807, 2.05) is 9.47 Å². The van der Waals surface area contributed by atoms with Gasteiger partial charge < -0.3 is 23.9 Å². The second kappa shape index (κ2) is 12.7. The van der Waals surface area contributed by atoms with Gasteiger partial charge in [0, 0.05) is 61.2 Å². The highest BCUT2D eigenvalue weighted by molar-refractivity contribution is 6.30. The van der Waals surface area contributed by atoms with Gasteiger partial charge in [0.15, 0.2) is 23.1 Å². The van der Waals surface area contributed by atoms with Gasteiger partial charge in [-0.15, -0.1) is 10.2 Å². The number of fused-ring (bicyclic) bond motifs is 1. The molecule has 246 valence electrons. The lowest BCUT2D eigenvalue weighted by Gasteiger charge is -2.35. The highest BCUT2D eigenvalue weighted by atomic mass is 35.5. The van der Waals surface area contributed by atoms with Crippen LogP contribution in [0.2, 0.25) is 5.02 Å². The Kier molecular flexibility index (Phi) is 8.40. The highest BCUT2D eigenvalue weighted by Gasteiger charge is 2.35. The molecule has 2 fully saturated rings. The van der Waals surface area contributed by atoms with Gasteiger partial charge in [-0.25, -0.2) is 18.7 Å². The number of imidazole rings is 1. The van der Waals surface area contributed by atoms with Gasteiger partial charge in [-0.05, 0) is 30.7 Å². The summed E-state index contributed by atoms with van der Waals surface area (Å²) in [6.45, 7) is 3.66. The predicted molar refractivity (Wildman–Crippen MR) is 160 cm³/mol. The van der Waals surface area contributed by atoms with E-state index in [2.05, 4.69) is 30.0 Å². The summed E-state index contributed by atoms with van der Waals surface area (Å²) in [6.07, 6.45) is -2.31. The number of rotatable bonds is 9. The van der Waals surface area contributed by atoms with Crippen LogP contribution in [-0.2, 0) is 30.6 Å². The van der Waals surface area contributed by atoms with Crippen LogP contribution >= 0.6 is 11.6 Å². The highest BCUT2D eigenvalue weighted by Crippen LogP contribution is 2.29. The zero-order chi connectivity index (χ0) is 32.7. The average Bonchev–Trinajstić information content (AvgIpc) is 3.65. The van der Waals surface area contributed by atoms with Crippen LogP contribution in [0.4, 0.5) is 27.8 Å². The standard InChI is InChI=1S/C30H27ClF5N9O2/c31-19-2-1-17(22(33)12-19)16-47-25-4-3-21(32)27(39-25)44-8-6-43(7-9-44)15-24-38-23-11-18(26-40-29(42-41-26)30(34,35)36)13-37-28(23)45(24)14-20-5-10-46-20/h1-4,11-13,20H,5-10,14-16H2,(H,40,41,42). The monoisotopic (exact) mass is 675 g/mol. The molecule has 0 aliphatic carbocycles. The number of anilines is 1. The van der Waals surface area contributed by atoms with Crippen molar-refractivity contribution in [2.24, 2.45) is 0 Å². The van der Waals surface area contributed by atoms with Crippen molar-refractivity contribution < 1.29 is 31.4 Å². The minimum atomic E-state index is -4.65. The number of nitrogens with zero attached hydrogens (tertiary/aromatic N) is 8. The summed E-state index contributed by atoms with van der Waals surface area (Å²) in [6, 6.07) is 8.58. The summed E-state index contributed by atoms with van der Waals surface area (Å²) in [5, 5.41) is 7.11. The molecule has 2 saturated heterocycles. The molecule has 1 N–H and O–H groups in total. The van der Waals surface area contributed by atoms with Crippen molar-refractivity contribution in [3.63, 3.8) is 0 Å². The summed E-state index contributed by atoms with van der Waals surface area (Å²) in [4.78, 5) is 19.9. The van der Waals surface area contributed by atoms with Gasteiger partial charge in [0.1, 0.15) is 23.8 Å². The van der Waals surface area contributed by atoms with Crippen LogP contribution in [-0.4, -0.2) is 78.5 Å². The molecule has 7 rings (SSSR count). The smallest absolute Gasteiger partial charge is 0.451 e. The third-order valence-electron chi connectivity index (χ3n) is 8.10. The Morgan fingerprint density at radius 2 is 1.81 bits per heavy atom. The molecular formula is C30H27ClF5N9O2. The van der Waals surface area contributed by atoms with E-state index in [1.165, 1.54) is 30.5 Å². The topological polar surface area (TPSA) is 110 Å². The van der Waals surface area contributed by atoms with Crippen LogP contribution in [0.15, 0.2) is 42.6 Å². The number of hydrogen-bond acceptors (Lipinski definition) is 9. The first-order chi connectivity index (χ1) is 22.6. The molecule has 1 atom stereocenters. The summed E-state index contributed by atoms with van der Waals surface area (Å²) in [5.74, 6) is -1.23. The maximum absolute atomic E-state index is 14.9. The molecule has 2 aliphatic heterocycles. The molecule has 0 radical (unpaired) electrons. The van der Waals surface area contributed by atoms with E-state index in [0.717, 1.165) is 12.2 Å². The van der Waals surface area contributed by atoms with Crippen molar-refractivity contribution in [1.29, 1.82) is 0 Å². The van der Waals surface area contributed by atoms with Gasteiger partial charge >= 0.3 is 6.18 Å². The second-order valence-electron chi connectivity index (χ2n) is 11.2. The molecule has 11 nitrogen and oxygen atoms in total. The van der Waals surface area contributed by atoms with Gasteiger partial charge in [-0.2, -0.15) is 18.2 Å². The average molecular weight is 676 g/mol. The quantitative estimate of drug-likeness (QED) is 0.210. The number of piperazine rings is 1. The number of aromatic amines is 1. The van der Waals surface area contributed by atoms with Gasteiger partial charge in [0.05, 0.1) is 19.2 Å². The summed E-state index contributed by atoms with van der Waals surface area (Å²) in [7, 11) is 0. The SMILES string of the molecule is Fc1cc(Cl)ccc1COc1ccc(F)c(N2CCN(Cc3nc4cc(-c5nnc(C(F)(F)F)[nH]5)cnc4n3CC3CCO3)CC2)n1. The van der Waals surface area contributed by atoms with E-state index in [-0.39, 0.29) is 35.3 Å². The van der Waals surface area contributed by atoms with Gasteiger partial charge in [-0.1, -0.05) is 17.7 Å². The molecule has 47 heavy (non-hydrogen) atoms. The lowest BCUT2D eigenvalue weighted by atomic mass is 10.2. The van der Waals surface area contributed by atoms with E-state index in [4.69, 9.17) is 26.1 Å². The number of pyridine rings is 2. The second-order valence-corrected chi connectivity index (χ2v) is 11.7. The van der Waals surface area contributed by atoms with Crippen molar-refractivity contribution in [3.8, 4) is 17.3 Å². The normalized spacial score (nSPS) is 17.3. The largest absolute Gasteiger partial charge is 0.473 e. The van der Waals surface area contributed by atoms with Gasteiger partial charge in [-0.3, -0.25) is 4.90 Å². The van der Waals surface area contributed by atoms with Crippen LogP contribution in [0.3, 0.4) is 0 Å². The fourth-order valence-corrected chi connectivity index (χ4v) is 5.63. The molecule has 0 bridgehead atoms. The number of H-pyrrole nitrogens is 1. The Labute approximate surface area is 269 Å². The first kappa shape index (κ1) is 31.2. The zero-order valence-electron chi connectivity index (χ0n) is 24.6. The third-order valence-corrected chi connectivity index (χ3v) is 8.34. The van der Waals surface area contributed by atoms with Crippen molar-refractivity contribution in [1.82, 2.24) is 39.6 Å². The zero-order valence-corrected chi connectivity index (χ0v) is 25.4. The number of alkyl halides is 3. The molecule has 2 aliphatic rings. The van der Waals surface area contributed by atoms with Gasteiger partial charge in [0.25, 0.3) is 0 Å². The molecule has 1 aromatic carbocycles. The number of aromatic nitrogens is 7. The van der Waals surface area contributed by atoms with E-state index in [0.29, 0.717) is 68.2 Å². The maximum atomic E-state index is 14.9. The number of hydrogen-bond donors (Lipinski definition) is 1. The number of ether oxygens (including phenoxy) is 2. The van der Waals surface area contributed by atoms with Crippen molar-refractivity contribution >= 4 is 28.6 Å². The van der Waals surface area contributed by atoms with Crippen molar-refractivity contribution in [2.75, 3.05) is 37.7 Å². The Morgan fingerprint density at radius 1 is 1.00 bits per heavy atom. The first-order valence-electron chi connectivity index (χ1n) is 14.8. The van der Waals surface area contributed by atoms with Crippen molar-refractivity contribution in [2.45, 2.75) is 38.4 Å². The van der Waals surface area contributed by atoms with E-state index in [9.17, 15) is 22.0 Å². The van der Waals surface area contributed by atoms with Crippen LogP contribution in [0.5, 0.6) is 5.88 Å². The molecule has 17 heteroatoms. The molecule has 0 spiro atoms. The van der Waals surface area contributed by atoms with E-state index in [1.54, 1.807) is 12.1 Å². The Hall–Kier alpha value is -4.41. The lowest BCUT2D eigenvalue weighted by Crippen LogP contribution is -2.47. The molecule has 0 amide bonds. The molecule has 6 heterocycles. The Balaban J connectivity index is 1.05. The number of halogens is 6. The van der Waals surface area contributed by atoms with E-state index < -0.39 is 23.6 Å². The number of nitrogens with one attached hydrogen (secondary N) is 1. The minimum absolute atomic E-state index is 0.00724. The molecule has 0 saturated carbocycles. The van der Waals surface area contributed by atoms with Gasteiger partial charge in [0.2, 0.25) is 11.7 Å². The summed E-state index contributed by atoms with van der Waals surface area (Å²) >= 11 is 5.82. The molecule has 1 unspecified atom stereocenters. The molecule has 4 aromatic heterocycles. The molecular weight excluding hydrogens is 649 g/mol. The van der Waals surface area contributed by atoms with Crippen LogP contribution in [0.1, 0.15) is 23.6 Å². The Morgan fingerprint density at radius 3 is 2.51 bits per heavy atom. The van der Waals surface area contributed by atoms with Crippen LogP contribution in [0.25, 0.3) is 22.6 Å². The third kappa shape index (κ3) is 6.71. The van der Waals surface area contributed by atoms with Crippen LogP contribution in [0, 0.1) is 11.6 Å². The van der Waals surface area contributed by atoms with E-state index >= 15 is 0 Å². The summed E-state index contributed by atoms with van der Waals surface area (Å²) in [5.41, 5.74) is 1.70. The van der Waals surface area contributed by atoms with Crippen molar-refractivity contribution in [3.05, 3.63) is 76.5 Å². The molecule has 5 aromatic rings. The predicted octanol–water partition coefficient (Wildman–Crippen LogP) is 5.25. The van der Waals surface area contributed by atoms with Crippen LogP contribution < -0.4 is 9.64 Å². The summed E-state index contributed by atoms with van der Waals surface area (Å²) < 4.78 is 81.5. The fourth-order valence-electron chi connectivity index (χ4n) is 5.48. The lowest BCUT2D eigenvalue weighted by molar-refractivity contribution is -0.144. The minimum Gasteiger partial charge on any atom is -0.473 e. The Bertz CT molecular complexity index is 1900. The first-order valence-corrected chi connectivity index (χ1v) is 15.2.